The van der Waals surface area contributed by atoms with Crippen LogP contribution in [0.3, 0.4) is 0 Å². The average molecular weight is 169 g/mol. The number of rotatable bonds is 2. The molecule has 1 aliphatic carbocycles. The van der Waals surface area contributed by atoms with Crippen molar-refractivity contribution in [3.63, 3.8) is 0 Å². The van der Waals surface area contributed by atoms with Crippen LogP contribution in [0.25, 0.3) is 0 Å². The van der Waals surface area contributed by atoms with Gasteiger partial charge in [-0.3, -0.25) is 10.1 Å². The Labute approximate surface area is 72.5 Å². The predicted molar refractivity (Wildman–Crippen MR) is 44.8 cm³/mol. The van der Waals surface area contributed by atoms with Crippen molar-refractivity contribution in [3.05, 3.63) is 0 Å². The molecule has 1 unspecified atom stereocenters. The van der Waals surface area contributed by atoms with E-state index in [9.17, 15) is 4.79 Å². The first-order valence-corrected chi connectivity index (χ1v) is 4.70. The van der Waals surface area contributed by atoms with Crippen LogP contribution in [0.1, 0.15) is 32.6 Å². The van der Waals surface area contributed by atoms with Crippen LogP contribution in [0.4, 0.5) is 0 Å². The Kier molecular flexibility index (Phi) is 1.83. The van der Waals surface area contributed by atoms with Gasteiger partial charge in [-0.15, -0.1) is 0 Å². The molecule has 1 N–H and O–H groups in total. The highest BCUT2D eigenvalue weighted by Crippen LogP contribution is 2.44. The molecule has 1 saturated carbocycles. The fourth-order valence-corrected chi connectivity index (χ4v) is 1.90. The number of hydrogen-bond donors (Lipinski definition) is 1. The highest BCUT2D eigenvalue weighted by Gasteiger charge is 2.49. The van der Waals surface area contributed by atoms with Crippen LogP contribution in [0.15, 0.2) is 0 Å². The molecule has 1 spiro atoms. The van der Waals surface area contributed by atoms with Crippen molar-refractivity contribution in [3.8, 4) is 0 Å². The third-order valence-electron chi connectivity index (χ3n) is 2.82. The minimum atomic E-state index is -0.0683. The van der Waals surface area contributed by atoms with Gasteiger partial charge in [-0.05, 0) is 32.6 Å². The molecule has 2 aliphatic rings. The summed E-state index contributed by atoms with van der Waals surface area (Å²) in [7, 11) is 0. The molecule has 1 saturated heterocycles. The van der Waals surface area contributed by atoms with Crippen molar-refractivity contribution in [1.82, 2.24) is 5.32 Å². The quantitative estimate of drug-likeness (QED) is 0.622. The van der Waals surface area contributed by atoms with Gasteiger partial charge in [0.05, 0.1) is 6.61 Å². The number of nitrogens with one attached hydrogen (secondary N) is 1. The smallest absolute Gasteiger partial charge is 0.323 e. The van der Waals surface area contributed by atoms with Crippen LogP contribution in [-0.2, 0) is 9.53 Å². The molecule has 1 aliphatic heterocycles. The Hall–Kier alpha value is -0.570. The van der Waals surface area contributed by atoms with Crippen molar-refractivity contribution < 1.29 is 9.53 Å². The number of esters is 1. The van der Waals surface area contributed by atoms with E-state index in [-0.39, 0.29) is 12.0 Å². The van der Waals surface area contributed by atoms with Gasteiger partial charge in [0.2, 0.25) is 0 Å². The topological polar surface area (TPSA) is 38.3 Å². The van der Waals surface area contributed by atoms with Crippen molar-refractivity contribution in [2.45, 2.75) is 44.2 Å². The number of ether oxygens (including phenoxy) is 1. The van der Waals surface area contributed by atoms with E-state index in [4.69, 9.17) is 4.74 Å². The summed E-state index contributed by atoms with van der Waals surface area (Å²) in [6, 6.07) is -0.0209. The second-order valence-electron chi connectivity index (χ2n) is 3.77. The summed E-state index contributed by atoms with van der Waals surface area (Å²) in [6.07, 6.45) is 4.58. The summed E-state index contributed by atoms with van der Waals surface area (Å²) < 4.78 is 4.95. The molecule has 3 heteroatoms. The highest BCUT2D eigenvalue weighted by atomic mass is 16.5. The van der Waals surface area contributed by atoms with E-state index >= 15 is 0 Å². The second kappa shape index (κ2) is 2.73. The fraction of sp³-hybridized carbons (Fsp3) is 0.889. The van der Waals surface area contributed by atoms with E-state index in [1.807, 2.05) is 6.92 Å². The molecule has 0 amide bonds. The lowest BCUT2D eigenvalue weighted by atomic mass is 10.2. The van der Waals surface area contributed by atoms with Crippen molar-refractivity contribution in [2.75, 3.05) is 6.61 Å². The first-order chi connectivity index (χ1) is 5.76. The molecular formula is C9H15NO2. The molecule has 68 valence electrons. The molecule has 0 aromatic heterocycles. The van der Waals surface area contributed by atoms with Crippen LogP contribution < -0.4 is 5.32 Å². The third kappa shape index (κ3) is 1.33. The molecule has 0 bridgehead atoms. The molecule has 2 fully saturated rings. The fourth-order valence-electron chi connectivity index (χ4n) is 1.90. The largest absolute Gasteiger partial charge is 0.465 e. The van der Waals surface area contributed by atoms with Crippen LogP contribution in [0, 0.1) is 0 Å². The summed E-state index contributed by atoms with van der Waals surface area (Å²) in [4.78, 5) is 11.3. The molecular weight excluding hydrogens is 154 g/mol. The van der Waals surface area contributed by atoms with E-state index < -0.39 is 0 Å². The summed E-state index contributed by atoms with van der Waals surface area (Å²) in [5.74, 6) is -0.0683. The molecule has 3 nitrogen and oxygen atoms in total. The maximum Gasteiger partial charge on any atom is 0.323 e. The van der Waals surface area contributed by atoms with E-state index in [0.717, 1.165) is 12.8 Å². The summed E-state index contributed by atoms with van der Waals surface area (Å²) in [5, 5.41) is 3.35. The predicted octanol–water partition coefficient (Wildman–Crippen LogP) is 0.834. The summed E-state index contributed by atoms with van der Waals surface area (Å²) in [6.45, 7) is 2.34. The van der Waals surface area contributed by atoms with E-state index in [1.54, 1.807) is 0 Å². The van der Waals surface area contributed by atoms with Gasteiger partial charge in [-0.1, -0.05) is 0 Å². The number of hydrogen-bond acceptors (Lipinski definition) is 3. The zero-order valence-electron chi connectivity index (χ0n) is 7.43. The molecule has 2 rings (SSSR count). The Balaban J connectivity index is 1.86. The van der Waals surface area contributed by atoms with Gasteiger partial charge in [0.25, 0.3) is 0 Å². The van der Waals surface area contributed by atoms with E-state index in [0.29, 0.717) is 12.1 Å². The van der Waals surface area contributed by atoms with Crippen LogP contribution in [0.2, 0.25) is 0 Å². The molecule has 0 aromatic rings. The minimum Gasteiger partial charge on any atom is -0.465 e. The Bertz CT molecular complexity index is 199. The van der Waals surface area contributed by atoms with Crippen LogP contribution in [-0.4, -0.2) is 24.2 Å². The monoisotopic (exact) mass is 169 g/mol. The van der Waals surface area contributed by atoms with Gasteiger partial charge in [0, 0.05) is 5.54 Å². The molecule has 1 atom stereocenters. The summed E-state index contributed by atoms with van der Waals surface area (Å²) >= 11 is 0. The maximum atomic E-state index is 11.3. The zero-order chi connectivity index (χ0) is 8.60. The summed E-state index contributed by atoms with van der Waals surface area (Å²) in [5.41, 5.74) is 0.345. The van der Waals surface area contributed by atoms with Crippen LogP contribution in [0.5, 0.6) is 0 Å². The molecule has 0 radical (unpaired) electrons. The van der Waals surface area contributed by atoms with Gasteiger partial charge >= 0.3 is 5.97 Å². The van der Waals surface area contributed by atoms with E-state index in [2.05, 4.69) is 5.32 Å². The van der Waals surface area contributed by atoms with Crippen molar-refractivity contribution in [2.24, 2.45) is 0 Å². The normalized spacial score (nSPS) is 30.6. The van der Waals surface area contributed by atoms with Crippen molar-refractivity contribution in [1.29, 1.82) is 0 Å². The molecule has 0 aromatic carbocycles. The van der Waals surface area contributed by atoms with E-state index in [1.165, 1.54) is 12.8 Å². The van der Waals surface area contributed by atoms with Crippen molar-refractivity contribution >= 4 is 5.97 Å². The highest BCUT2D eigenvalue weighted by molar-refractivity contribution is 5.76. The lowest BCUT2D eigenvalue weighted by molar-refractivity contribution is -0.145. The number of carbonyl (C=O) groups excluding carboxylic acids is 1. The Morgan fingerprint density at radius 3 is 2.83 bits per heavy atom. The Morgan fingerprint density at radius 1 is 1.58 bits per heavy atom. The second-order valence-corrected chi connectivity index (χ2v) is 3.77. The Morgan fingerprint density at radius 2 is 2.33 bits per heavy atom. The van der Waals surface area contributed by atoms with Gasteiger partial charge in [-0.2, -0.15) is 0 Å². The SMILES string of the molecule is CCOC(=O)C1CCC2(CC2)N1. The first-order valence-electron chi connectivity index (χ1n) is 4.70. The van der Waals surface area contributed by atoms with Gasteiger partial charge in [0.15, 0.2) is 0 Å². The minimum absolute atomic E-state index is 0.0209. The van der Waals surface area contributed by atoms with Gasteiger partial charge in [-0.25, -0.2) is 0 Å². The molecule has 1 heterocycles. The lowest BCUT2D eigenvalue weighted by Gasteiger charge is -2.11. The number of carbonyl (C=O) groups is 1. The molecule has 12 heavy (non-hydrogen) atoms. The van der Waals surface area contributed by atoms with Gasteiger partial charge < -0.3 is 4.74 Å². The third-order valence-corrected chi connectivity index (χ3v) is 2.82. The maximum absolute atomic E-state index is 11.3. The lowest BCUT2D eigenvalue weighted by Crippen LogP contribution is -2.37. The van der Waals surface area contributed by atoms with Crippen LogP contribution >= 0.6 is 0 Å². The standard InChI is InChI=1S/C9H15NO2/c1-2-12-8(11)7-3-4-9(10-7)5-6-9/h7,10H,2-6H2,1H3. The average Bonchev–Trinajstić information content (AvgIpc) is 2.62. The first kappa shape index (κ1) is 8.05. The van der Waals surface area contributed by atoms with Gasteiger partial charge in [0.1, 0.15) is 6.04 Å². The zero-order valence-corrected chi connectivity index (χ0v) is 7.43.